The maximum atomic E-state index is 8.29. The van der Waals surface area contributed by atoms with Gasteiger partial charge >= 0.3 is 0 Å². The Labute approximate surface area is 70.2 Å². The van der Waals surface area contributed by atoms with Gasteiger partial charge in [-0.15, -0.1) is 0 Å². The largest absolute Gasteiger partial charge is 0.381 e. The van der Waals surface area contributed by atoms with E-state index < -0.39 is 0 Å². The van der Waals surface area contributed by atoms with Gasteiger partial charge in [0.2, 0.25) is 0 Å². The Balaban J connectivity index is 0. The van der Waals surface area contributed by atoms with Crippen LogP contribution in [0.5, 0.6) is 0 Å². The lowest BCUT2D eigenvalue weighted by Crippen LogP contribution is -2.31. The van der Waals surface area contributed by atoms with E-state index in [2.05, 4.69) is 24.5 Å². The lowest BCUT2D eigenvalue weighted by molar-refractivity contribution is 0.260. The van der Waals surface area contributed by atoms with E-state index >= 15 is 0 Å². The highest BCUT2D eigenvalue weighted by atomic mass is 16.3. The van der Waals surface area contributed by atoms with Crippen molar-refractivity contribution in [1.29, 1.82) is 0 Å². The zero-order valence-electron chi connectivity index (χ0n) is 8.15. The molecular weight excluding hydrogens is 140 g/mol. The first kappa shape index (κ1) is 13.5. The van der Waals surface area contributed by atoms with Crippen molar-refractivity contribution in [2.75, 3.05) is 19.8 Å². The third-order valence-corrected chi connectivity index (χ3v) is 0.966. The van der Waals surface area contributed by atoms with Crippen molar-refractivity contribution in [3.8, 4) is 0 Å². The van der Waals surface area contributed by atoms with Crippen molar-refractivity contribution in [3.05, 3.63) is 0 Å². The summed E-state index contributed by atoms with van der Waals surface area (Å²) in [6.07, 6.45) is 0. The highest BCUT2D eigenvalue weighted by Gasteiger charge is 1.88. The summed E-state index contributed by atoms with van der Waals surface area (Å²) in [5.74, 6) is 0. The van der Waals surface area contributed by atoms with Gasteiger partial charge in [0, 0.05) is 19.1 Å². The zero-order chi connectivity index (χ0) is 9.11. The normalized spacial score (nSPS) is 9.27. The molecule has 70 valence electrons. The second-order valence-electron chi connectivity index (χ2n) is 2.27. The van der Waals surface area contributed by atoms with Crippen molar-refractivity contribution in [1.82, 2.24) is 10.6 Å². The highest BCUT2D eigenvalue weighted by Crippen LogP contribution is 1.72. The quantitative estimate of drug-likeness (QED) is 0.408. The third-order valence-electron chi connectivity index (χ3n) is 0.966. The Kier molecular flexibility index (Phi) is 15.4. The summed E-state index contributed by atoms with van der Waals surface area (Å²) in [6.45, 7) is 10.0. The fourth-order valence-corrected chi connectivity index (χ4v) is 0.528. The summed E-state index contributed by atoms with van der Waals surface area (Å²) in [5.41, 5.74) is 0. The van der Waals surface area contributed by atoms with Gasteiger partial charge in [-0.2, -0.15) is 0 Å². The SMILES string of the molecule is CC.CC(C)NCCNCO. The minimum atomic E-state index is 0.0692. The first-order chi connectivity index (χ1) is 5.27. The lowest BCUT2D eigenvalue weighted by Gasteiger charge is -2.06. The summed E-state index contributed by atoms with van der Waals surface area (Å²) in [7, 11) is 0. The molecule has 0 aliphatic carbocycles. The summed E-state index contributed by atoms with van der Waals surface area (Å²) >= 11 is 0. The van der Waals surface area contributed by atoms with E-state index in [0.717, 1.165) is 13.1 Å². The Morgan fingerprint density at radius 2 is 1.73 bits per heavy atom. The number of hydrogen-bond donors (Lipinski definition) is 3. The molecule has 0 aromatic heterocycles. The van der Waals surface area contributed by atoms with Crippen molar-refractivity contribution in [2.45, 2.75) is 33.7 Å². The van der Waals surface area contributed by atoms with Crippen LogP contribution < -0.4 is 10.6 Å². The van der Waals surface area contributed by atoms with Crippen LogP contribution in [0.1, 0.15) is 27.7 Å². The molecule has 0 aromatic carbocycles. The molecular formula is C8H22N2O. The average Bonchev–Trinajstić information content (AvgIpc) is 2.02. The van der Waals surface area contributed by atoms with Crippen LogP contribution in [0.4, 0.5) is 0 Å². The predicted molar refractivity (Wildman–Crippen MR) is 49.6 cm³/mol. The van der Waals surface area contributed by atoms with Crippen molar-refractivity contribution < 1.29 is 5.11 Å². The molecule has 11 heavy (non-hydrogen) atoms. The first-order valence-electron chi connectivity index (χ1n) is 4.32. The van der Waals surface area contributed by atoms with Gasteiger partial charge in [-0.3, -0.25) is 5.32 Å². The summed E-state index contributed by atoms with van der Waals surface area (Å²) < 4.78 is 0. The predicted octanol–water partition coefficient (Wildman–Crippen LogP) is 0.550. The van der Waals surface area contributed by atoms with E-state index in [0.29, 0.717) is 6.04 Å². The number of hydrogen-bond acceptors (Lipinski definition) is 3. The van der Waals surface area contributed by atoms with Gasteiger partial charge in [0.15, 0.2) is 0 Å². The van der Waals surface area contributed by atoms with Crippen molar-refractivity contribution >= 4 is 0 Å². The number of aliphatic hydroxyl groups excluding tert-OH is 1. The Morgan fingerprint density at radius 1 is 1.18 bits per heavy atom. The molecule has 0 aliphatic heterocycles. The Bertz CT molecular complexity index is 58.1. The van der Waals surface area contributed by atoms with Crippen LogP contribution in [0.25, 0.3) is 0 Å². The highest BCUT2D eigenvalue weighted by molar-refractivity contribution is 4.52. The zero-order valence-corrected chi connectivity index (χ0v) is 8.15. The van der Waals surface area contributed by atoms with Crippen LogP contribution >= 0.6 is 0 Å². The molecule has 0 aliphatic rings. The summed E-state index contributed by atoms with van der Waals surface area (Å²) in [6, 6.07) is 0.533. The molecule has 0 spiro atoms. The maximum Gasteiger partial charge on any atom is 0.0931 e. The van der Waals surface area contributed by atoms with Crippen LogP contribution in [-0.2, 0) is 0 Å². The Hall–Kier alpha value is -0.120. The monoisotopic (exact) mass is 162 g/mol. The van der Waals surface area contributed by atoms with Gasteiger partial charge in [-0.05, 0) is 0 Å². The molecule has 3 N–H and O–H groups in total. The molecule has 0 fully saturated rings. The molecule has 0 saturated carbocycles. The van der Waals surface area contributed by atoms with E-state index in [4.69, 9.17) is 5.11 Å². The molecule has 0 bridgehead atoms. The van der Waals surface area contributed by atoms with E-state index in [1.807, 2.05) is 13.8 Å². The molecule has 0 aromatic rings. The summed E-state index contributed by atoms with van der Waals surface area (Å²) in [5, 5.41) is 14.3. The van der Waals surface area contributed by atoms with E-state index in [1.165, 1.54) is 0 Å². The molecule has 0 rings (SSSR count). The smallest absolute Gasteiger partial charge is 0.0931 e. The molecule has 0 radical (unpaired) electrons. The molecule has 0 heterocycles. The third kappa shape index (κ3) is 17.7. The average molecular weight is 162 g/mol. The minimum absolute atomic E-state index is 0.0692. The Morgan fingerprint density at radius 3 is 2.09 bits per heavy atom. The van der Waals surface area contributed by atoms with Crippen molar-refractivity contribution in [2.24, 2.45) is 0 Å². The van der Waals surface area contributed by atoms with Crippen LogP contribution in [-0.4, -0.2) is 31.0 Å². The standard InChI is InChI=1S/C6H16N2O.C2H6/c1-6(2)8-4-3-7-5-9;1-2/h6-9H,3-5H2,1-2H3;1-2H3. The van der Waals surface area contributed by atoms with Crippen molar-refractivity contribution in [3.63, 3.8) is 0 Å². The van der Waals surface area contributed by atoms with Crippen LogP contribution in [0.15, 0.2) is 0 Å². The second-order valence-corrected chi connectivity index (χ2v) is 2.27. The topological polar surface area (TPSA) is 44.3 Å². The molecule has 3 nitrogen and oxygen atoms in total. The lowest BCUT2D eigenvalue weighted by atomic mass is 10.4. The van der Waals surface area contributed by atoms with Gasteiger partial charge in [0.25, 0.3) is 0 Å². The fraction of sp³-hybridized carbons (Fsp3) is 1.00. The van der Waals surface area contributed by atoms with E-state index in [9.17, 15) is 0 Å². The molecule has 0 atom stereocenters. The fourth-order valence-electron chi connectivity index (χ4n) is 0.528. The maximum absolute atomic E-state index is 8.29. The number of aliphatic hydroxyl groups is 1. The van der Waals surface area contributed by atoms with Crippen LogP contribution in [0, 0.1) is 0 Å². The molecule has 0 saturated heterocycles. The van der Waals surface area contributed by atoms with E-state index in [-0.39, 0.29) is 6.73 Å². The second kappa shape index (κ2) is 12.5. The van der Waals surface area contributed by atoms with Gasteiger partial charge in [0.05, 0.1) is 6.73 Å². The van der Waals surface area contributed by atoms with Gasteiger partial charge in [0.1, 0.15) is 0 Å². The van der Waals surface area contributed by atoms with Gasteiger partial charge < -0.3 is 10.4 Å². The number of rotatable bonds is 5. The van der Waals surface area contributed by atoms with Crippen LogP contribution in [0.2, 0.25) is 0 Å². The summed E-state index contributed by atoms with van der Waals surface area (Å²) in [4.78, 5) is 0. The minimum Gasteiger partial charge on any atom is -0.381 e. The molecule has 0 amide bonds. The molecule has 3 heteroatoms. The molecule has 0 unspecified atom stereocenters. The van der Waals surface area contributed by atoms with E-state index in [1.54, 1.807) is 0 Å². The van der Waals surface area contributed by atoms with Gasteiger partial charge in [-0.25, -0.2) is 0 Å². The van der Waals surface area contributed by atoms with Crippen LogP contribution in [0.3, 0.4) is 0 Å². The first-order valence-corrected chi connectivity index (χ1v) is 4.32. The number of nitrogens with one attached hydrogen (secondary N) is 2. The van der Waals surface area contributed by atoms with Gasteiger partial charge in [-0.1, -0.05) is 27.7 Å².